The van der Waals surface area contributed by atoms with Gasteiger partial charge >= 0.3 is 5.97 Å². The first kappa shape index (κ1) is 15.5. The van der Waals surface area contributed by atoms with Crippen LogP contribution in [0.15, 0.2) is 0 Å². The summed E-state index contributed by atoms with van der Waals surface area (Å²) in [6.07, 6.45) is 8.93. The number of hydrogen-bond acceptors (Lipinski definition) is 3. The Balaban J connectivity index is 2.37. The molecule has 0 aromatic rings. The van der Waals surface area contributed by atoms with Gasteiger partial charge in [0.2, 0.25) is 0 Å². The zero-order valence-electron chi connectivity index (χ0n) is 12.2. The van der Waals surface area contributed by atoms with Crippen LogP contribution in [0, 0.1) is 11.8 Å². The molecule has 0 spiro atoms. The van der Waals surface area contributed by atoms with E-state index in [0.29, 0.717) is 5.92 Å². The van der Waals surface area contributed by atoms with Gasteiger partial charge in [-0.2, -0.15) is 0 Å². The molecule has 0 aromatic carbocycles. The van der Waals surface area contributed by atoms with E-state index in [1.54, 1.807) is 0 Å². The van der Waals surface area contributed by atoms with Crippen molar-refractivity contribution >= 4 is 5.97 Å². The van der Waals surface area contributed by atoms with Gasteiger partial charge < -0.3 is 10.1 Å². The maximum absolute atomic E-state index is 11.7. The van der Waals surface area contributed by atoms with Gasteiger partial charge in [0.25, 0.3) is 0 Å². The standard InChI is InChI=1S/C15H29NO2/c1-12(2)10-14(15(17)18-3)16-11-13-8-6-4-5-7-9-13/h12-14,16H,4-11H2,1-3H3. The van der Waals surface area contributed by atoms with E-state index < -0.39 is 0 Å². The topological polar surface area (TPSA) is 38.3 Å². The van der Waals surface area contributed by atoms with Crippen molar-refractivity contribution < 1.29 is 9.53 Å². The first-order chi connectivity index (χ1) is 8.63. The lowest BCUT2D eigenvalue weighted by molar-refractivity contribution is -0.143. The highest BCUT2D eigenvalue weighted by Crippen LogP contribution is 2.22. The largest absolute Gasteiger partial charge is 0.468 e. The Morgan fingerprint density at radius 3 is 2.33 bits per heavy atom. The lowest BCUT2D eigenvalue weighted by Crippen LogP contribution is -2.41. The van der Waals surface area contributed by atoms with Crippen LogP contribution in [0.3, 0.4) is 0 Å². The van der Waals surface area contributed by atoms with Crippen LogP contribution >= 0.6 is 0 Å². The van der Waals surface area contributed by atoms with E-state index >= 15 is 0 Å². The summed E-state index contributed by atoms with van der Waals surface area (Å²) in [7, 11) is 1.48. The van der Waals surface area contributed by atoms with E-state index in [0.717, 1.165) is 18.9 Å². The molecule has 0 radical (unpaired) electrons. The molecule has 1 fully saturated rings. The maximum Gasteiger partial charge on any atom is 0.322 e. The summed E-state index contributed by atoms with van der Waals surface area (Å²) in [4.78, 5) is 11.7. The van der Waals surface area contributed by atoms with Gasteiger partial charge in [-0.05, 0) is 37.6 Å². The fourth-order valence-electron chi connectivity index (χ4n) is 2.75. The highest BCUT2D eigenvalue weighted by molar-refractivity contribution is 5.75. The maximum atomic E-state index is 11.7. The first-order valence-corrected chi connectivity index (χ1v) is 7.44. The molecule has 0 saturated heterocycles. The summed E-state index contributed by atoms with van der Waals surface area (Å²) >= 11 is 0. The summed E-state index contributed by atoms with van der Waals surface area (Å²) in [5.74, 6) is 1.14. The van der Waals surface area contributed by atoms with E-state index in [1.807, 2.05) is 0 Å². The summed E-state index contributed by atoms with van der Waals surface area (Å²) in [5.41, 5.74) is 0. The van der Waals surface area contributed by atoms with E-state index in [-0.39, 0.29) is 12.0 Å². The van der Waals surface area contributed by atoms with Crippen molar-refractivity contribution in [2.24, 2.45) is 11.8 Å². The minimum absolute atomic E-state index is 0.114. The van der Waals surface area contributed by atoms with Gasteiger partial charge in [-0.25, -0.2) is 0 Å². The Labute approximate surface area is 112 Å². The lowest BCUT2D eigenvalue weighted by atomic mass is 9.98. The van der Waals surface area contributed by atoms with Crippen molar-refractivity contribution in [3.05, 3.63) is 0 Å². The molecule has 1 aliphatic carbocycles. The van der Waals surface area contributed by atoms with Crippen LogP contribution in [0.5, 0.6) is 0 Å². The molecule has 3 heteroatoms. The second-order valence-electron chi connectivity index (χ2n) is 5.97. The number of esters is 1. The van der Waals surface area contributed by atoms with E-state index in [9.17, 15) is 4.79 Å². The smallest absolute Gasteiger partial charge is 0.322 e. The van der Waals surface area contributed by atoms with Crippen LogP contribution < -0.4 is 5.32 Å². The minimum Gasteiger partial charge on any atom is -0.468 e. The molecule has 0 aromatic heterocycles. The van der Waals surface area contributed by atoms with Gasteiger partial charge in [-0.1, -0.05) is 39.5 Å². The quantitative estimate of drug-likeness (QED) is 0.585. The van der Waals surface area contributed by atoms with Crippen LogP contribution in [-0.2, 0) is 9.53 Å². The van der Waals surface area contributed by atoms with Crippen LogP contribution in [0.2, 0.25) is 0 Å². The fraction of sp³-hybridized carbons (Fsp3) is 0.933. The molecule has 1 aliphatic rings. The van der Waals surface area contributed by atoms with E-state index in [2.05, 4.69) is 19.2 Å². The van der Waals surface area contributed by atoms with E-state index in [4.69, 9.17) is 4.74 Å². The molecule has 18 heavy (non-hydrogen) atoms. The normalized spacial score (nSPS) is 19.6. The van der Waals surface area contributed by atoms with Crippen LogP contribution in [0.4, 0.5) is 0 Å². The van der Waals surface area contributed by atoms with Crippen molar-refractivity contribution in [3.63, 3.8) is 0 Å². The molecule has 0 bridgehead atoms. The molecular weight excluding hydrogens is 226 g/mol. The van der Waals surface area contributed by atoms with Crippen molar-refractivity contribution in [3.8, 4) is 0 Å². The Bertz CT molecular complexity index is 233. The third kappa shape index (κ3) is 5.85. The highest BCUT2D eigenvalue weighted by atomic mass is 16.5. The third-order valence-corrected chi connectivity index (χ3v) is 3.82. The molecule has 1 rings (SSSR count). The van der Waals surface area contributed by atoms with Crippen LogP contribution in [0.25, 0.3) is 0 Å². The molecular formula is C15H29NO2. The number of nitrogens with one attached hydrogen (secondary N) is 1. The van der Waals surface area contributed by atoms with E-state index in [1.165, 1.54) is 45.6 Å². The number of ether oxygens (including phenoxy) is 1. The predicted molar refractivity (Wildman–Crippen MR) is 74.5 cm³/mol. The van der Waals surface area contributed by atoms with Crippen molar-refractivity contribution in [2.45, 2.75) is 64.8 Å². The number of carbonyl (C=O) groups excluding carboxylic acids is 1. The average molecular weight is 255 g/mol. The molecule has 106 valence electrons. The number of carbonyl (C=O) groups is 1. The molecule has 1 atom stereocenters. The van der Waals surface area contributed by atoms with Crippen molar-refractivity contribution in [1.29, 1.82) is 0 Å². The monoisotopic (exact) mass is 255 g/mol. The Morgan fingerprint density at radius 2 is 1.83 bits per heavy atom. The zero-order valence-corrected chi connectivity index (χ0v) is 12.2. The Kier molecular flexibility index (Phi) is 7.33. The Hall–Kier alpha value is -0.570. The van der Waals surface area contributed by atoms with Gasteiger partial charge in [0.15, 0.2) is 0 Å². The fourth-order valence-corrected chi connectivity index (χ4v) is 2.75. The third-order valence-electron chi connectivity index (χ3n) is 3.82. The Morgan fingerprint density at radius 1 is 1.22 bits per heavy atom. The van der Waals surface area contributed by atoms with Crippen LogP contribution in [0.1, 0.15) is 58.8 Å². The molecule has 3 nitrogen and oxygen atoms in total. The van der Waals surface area contributed by atoms with Crippen molar-refractivity contribution in [2.75, 3.05) is 13.7 Å². The molecule has 0 aliphatic heterocycles. The molecule has 0 heterocycles. The second kappa shape index (κ2) is 8.52. The lowest BCUT2D eigenvalue weighted by Gasteiger charge is -2.22. The molecule has 1 N–H and O–H groups in total. The van der Waals surface area contributed by atoms with Gasteiger partial charge in [0.1, 0.15) is 6.04 Å². The first-order valence-electron chi connectivity index (χ1n) is 7.44. The molecule has 1 saturated carbocycles. The van der Waals surface area contributed by atoms with Gasteiger partial charge in [-0.15, -0.1) is 0 Å². The summed E-state index contributed by atoms with van der Waals surface area (Å²) in [5, 5.41) is 3.42. The summed E-state index contributed by atoms with van der Waals surface area (Å²) < 4.78 is 4.88. The highest BCUT2D eigenvalue weighted by Gasteiger charge is 2.21. The van der Waals surface area contributed by atoms with Gasteiger partial charge in [-0.3, -0.25) is 4.79 Å². The number of methoxy groups -OCH3 is 1. The minimum atomic E-state index is -0.127. The SMILES string of the molecule is COC(=O)C(CC(C)C)NCC1CCCCCC1. The molecule has 1 unspecified atom stereocenters. The summed E-state index contributed by atoms with van der Waals surface area (Å²) in [6.45, 7) is 5.25. The van der Waals surface area contributed by atoms with Gasteiger partial charge in [0.05, 0.1) is 7.11 Å². The summed E-state index contributed by atoms with van der Waals surface area (Å²) in [6, 6.07) is -0.127. The van der Waals surface area contributed by atoms with Crippen LogP contribution in [-0.4, -0.2) is 25.7 Å². The average Bonchev–Trinajstić information content (AvgIpc) is 2.61. The van der Waals surface area contributed by atoms with Crippen molar-refractivity contribution in [1.82, 2.24) is 5.32 Å². The molecule has 0 amide bonds. The predicted octanol–water partition coefficient (Wildman–Crippen LogP) is 3.13. The van der Waals surface area contributed by atoms with Gasteiger partial charge in [0, 0.05) is 0 Å². The number of rotatable bonds is 6. The second-order valence-corrected chi connectivity index (χ2v) is 5.97. The zero-order chi connectivity index (χ0) is 13.4. The number of hydrogen-bond donors (Lipinski definition) is 1.